The highest BCUT2D eigenvalue weighted by Gasteiger charge is 2.36. The molecule has 0 spiro atoms. The van der Waals surface area contributed by atoms with E-state index in [9.17, 15) is 36.3 Å². The lowest BCUT2D eigenvalue weighted by Gasteiger charge is -2.25. The maximum Gasteiger partial charge on any atom is 0.416 e. The van der Waals surface area contributed by atoms with E-state index in [-0.39, 0.29) is 36.7 Å². The van der Waals surface area contributed by atoms with Gasteiger partial charge >= 0.3 is 12.1 Å². The van der Waals surface area contributed by atoms with Crippen LogP contribution < -0.4 is 5.32 Å². The lowest BCUT2D eigenvalue weighted by molar-refractivity contribution is -0.142. The topological polar surface area (TPSA) is 104 Å². The Morgan fingerprint density at radius 2 is 1.74 bits per heavy atom. The van der Waals surface area contributed by atoms with Crippen molar-refractivity contribution in [3.8, 4) is 0 Å². The number of carbonyl (C=O) groups excluding carboxylic acids is 1. The molecule has 2 rings (SSSR count). The SMILES string of the molecule is CC(=O)N[C@@H]1CC[C@H](C(=O)O)CN(S(=O)(=O)c2ccc(C(F)(F)F)cc2)C1. The normalized spacial score (nSPS) is 22.1. The number of nitrogens with one attached hydrogen (secondary N) is 1. The second kappa shape index (κ2) is 7.85. The molecule has 1 aromatic carbocycles. The van der Waals surface area contributed by atoms with Crippen LogP contribution in [0, 0.1) is 5.92 Å². The number of benzene rings is 1. The molecule has 1 aliphatic rings. The van der Waals surface area contributed by atoms with Gasteiger partial charge < -0.3 is 10.4 Å². The third-order valence-electron chi connectivity index (χ3n) is 4.29. The van der Waals surface area contributed by atoms with E-state index >= 15 is 0 Å². The van der Waals surface area contributed by atoms with Crippen molar-refractivity contribution in [2.45, 2.75) is 36.9 Å². The van der Waals surface area contributed by atoms with Crippen molar-refractivity contribution in [1.29, 1.82) is 0 Å². The molecule has 150 valence electrons. The Morgan fingerprint density at radius 3 is 2.22 bits per heavy atom. The molecule has 1 saturated heterocycles. The van der Waals surface area contributed by atoms with Crippen molar-refractivity contribution in [1.82, 2.24) is 9.62 Å². The van der Waals surface area contributed by atoms with Crippen molar-refractivity contribution in [3.05, 3.63) is 29.8 Å². The molecule has 2 atom stereocenters. The fourth-order valence-corrected chi connectivity index (χ4v) is 4.45. The number of halogens is 3. The second-order valence-corrected chi connectivity index (χ2v) is 8.29. The largest absolute Gasteiger partial charge is 0.481 e. The first-order chi connectivity index (χ1) is 12.4. The first-order valence-corrected chi connectivity index (χ1v) is 9.52. The number of aliphatic carboxylic acids is 1. The second-order valence-electron chi connectivity index (χ2n) is 6.35. The number of amides is 1. The van der Waals surface area contributed by atoms with E-state index < -0.39 is 39.7 Å². The minimum Gasteiger partial charge on any atom is -0.481 e. The lowest BCUT2D eigenvalue weighted by atomic mass is 10.0. The number of nitrogens with zero attached hydrogens (tertiary/aromatic N) is 1. The van der Waals surface area contributed by atoms with Crippen LogP contribution in [0.15, 0.2) is 29.2 Å². The van der Waals surface area contributed by atoms with E-state index in [0.29, 0.717) is 12.1 Å². The van der Waals surface area contributed by atoms with Crippen LogP contribution in [0.1, 0.15) is 25.3 Å². The molecule has 7 nitrogen and oxygen atoms in total. The molecule has 27 heavy (non-hydrogen) atoms. The van der Waals surface area contributed by atoms with Crippen molar-refractivity contribution in [2.75, 3.05) is 13.1 Å². The van der Waals surface area contributed by atoms with Crippen molar-refractivity contribution < 1.29 is 36.3 Å². The molecule has 1 fully saturated rings. The van der Waals surface area contributed by atoms with Gasteiger partial charge in [-0.3, -0.25) is 9.59 Å². The molecular formula is C16H19F3N2O5S. The molecule has 0 saturated carbocycles. The minimum atomic E-state index is -4.60. The van der Waals surface area contributed by atoms with Gasteiger partial charge in [0.05, 0.1) is 16.4 Å². The van der Waals surface area contributed by atoms with Gasteiger partial charge in [0.1, 0.15) is 0 Å². The van der Waals surface area contributed by atoms with Crippen LogP contribution in [0.5, 0.6) is 0 Å². The van der Waals surface area contributed by atoms with Gasteiger partial charge in [-0.15, -0.1) is 0 Å². The molecule has 0 unspecified atom stereocenters. The first-order valence-electron chi connectivity index (χ1n) is 8.08. The molecule has 0 aromatic heterocycles. The zero-order chi connectivity index (χ0) is 20.4. The summed E-state index contributed by atoms with van der Waals surface area (Å²) in [4.78, 5) is 22.3. The minimum absolute atomic E-state index is 0.160. The maximum atomic E-state index is 12.8. The van der Waals surface area contributed by atoms with Crippen LogP contribution in [0.2, 0.25) is 0 Å². The average Bonchev–Trinajstić information content (AvgIpc) is 2.77. The summed E-state index contributed by atoms with van der Waals surface area (Å²) in [5, 5.41) is 11.9. The molecule has 0 bridgehead atoms. The number of hydrogen-bond donors (Lipinski definition) is 2. The number of rotatable bonds is 4. The zero-order valence-electron chi connectivity index (χ0n) is 14.4. The summed E-state index contributed by atoms with van der Waals surface area (Å²) in [5.74, 6) is -2.54. The summed E-state index contributed by atoms with van der Waals surface area (Å²) in [6.07, 6.45) is -4.16. The van der Waals surface area contributed by atoms with E-state index in [0.717, 1.165) is 16.4 Å². The molecule has 1 aliphatic heterocycles. The summed E-state index contributed by atoms with van der Waals surface area (Å²) >= 11 is 0. The Labute approximate surface area is 154 Å². The Balaban J connectivity index is 2.34. The number of carboxylic acids is 1. The quantitative estimate of drug-likeness (QED) is 0.789. The van der Waals surface area contributed by atoms with Crippen LogP contribution in [0.25, 0.3) is 0 Å². The third kappa shape index (κ3) is 5.19. The van der Waals surface area contributed by atoms with Gasteiger partial charge in [-0.05, 0) is 37.1 Å². The third-order valence-corrected chi connectivity index (χ3v) is 6.13. The van der Waals surface area contributed by atoms with Gasteiger partial charge in [-0.25, -0.2) is 8.42 Å². The monoisotopic (exact) mass is 408 g/mol. The van der Waals surface area contributed by atoms with E-state index in [1.54, 1.807) is 0 Å². The van der Waals surface area contributed by atoms with Crippen LogP contribution in [-0.4, -0.2) is 48.8 Å². The van der Waals surface area contributed by atoms with E-state index in [1.807, 2.05) is 0 Å². The summed E-state index contributed by atoms with van der Waals surface area (Å²) in [7, 11) is -4.23. The van der Waals surface area contributed by atoms with Gasteiger partial charge in [-0.1, -0.05) is 0 Å². The van der Waals surface area contributed by atoms with E-state index in [4.69, 9.17) is 0 Å². The Hall–Kier alpha value is -2.14. The smallest absolute Gasteiger partial charge is 0.416 e. The van der Waals surface area contributed by atoms with Crippen LogP contribution in [0.4, 0.5) is 13.2 Å². The fraction of sp³-hybridized carbons (Fsp3) is 0.500. The molecule has 2 N–H and O–H groups in total. The Kier molecular flexibility index (Phi) is 6.15. The summed E-state index contributed by atoms with van der Waals surface area (Å²) in [6.45, 7) is 0.774. The first kappa shape index (κ1) is 21.2. The van der Waals surface area contributed by atoms with Gasteiger partial charge in [0, 0.05) is 26.1 Å². The fourth-order valence-electron chi connectivity index (χ4n) is 2.92. The Morgan fingerprint density at radius 1 is 1.15 bits per heavy atom. The molecule has 0 aliphatic carbocycles. The molecule has 1 heterocycles. The van der Waals surface area contributed by atoms with Crippen molar-refractivity contribution in [2.24, 2.45) is 5.92 Å². The van der Waals surface area contributed by atoms with E-state index in [1.165, 1.54) is 6.92 Å². The number of alkyl halides is 3. The number of carboxylic acid groups (broad SMARTS) is 1. The number of carbonyl (C=O) groups is 2. The molecule has 1 aromatic rings. The highest BCUT2D eigenvalue weighted by atomic mass is 32.2. The van der Waals surface area contributed by atoms with Crippen molar-refractivity contribution in [3.63, 3.8) is 0 Å². The molecule has 0 radical (unpaired) electrons. The maximum absolute atomic E-state index is 12.8. The number of hydrogen-bond acceptors (Lipinski definition) is 4. The van der Waals surface area contributed by atoms with Gasteiger partial charge in [-0.2, -0.15) is 17.5 Å². The highest BCUT2D eigenvalue weighted by Crippen LogP contribution is 2.31. The van der Waals surface area contributed by atoms with E-state index in [2.05, 4.69) is 5.32 Å². The van der Waals surface area contributed by atoms with Crippen LogP contribution in [0.3, 0.4) is 0 Å². The summed E-state index contributed by atoms with van der Waals surface area (Å²) in [5.41, 5.74) is -0.989. The average molecular weight is 408 g/mol. The Bertz CT molecular complexity index is 808. The van der Waals surface area contributed by atoms with Crippen molar-refractivity contribution >= 4 is 21.9 Å². The zero-order valence-corrected chi connectivity index (χ0v) is 15.2. The van der Waals surface area contributed by atoms with Gasteiger partial charge in [0.25, 0.3) is 0 Å². The van der Waals surface area contributed by atoms with Crippen LogP contribution >= 0.6 is 0 Å². The molecule has 1 amide bonds. The lowest BCUT2D eigenvalue weighted by Crippen LogP contribution is -2.44. The van der Waals surface area contributed by atoms with Gasteiger partial charge in [0.15, 0.2) is 0 Å². The predicted octanol–water partition coefficient (Wildman–Crippen LogP) is 1.70. The standard InChI is InChI=1S/C16H19F3N2O5S/c1-10(22)20-13-5-2-11(15(23)24)8-21(9-13)27(25,26)14-6-3-12(4-7-14)16(17,18)19/h3-4,6-7,11,13H,2,5,8-9H2,1H3,(H,20,22)(H,23,24)/t11-,13+/m0/s1. The van der Waals surface area contributed by atoms with Gasteiger partial charge in [0.2, 0.25) is 15.9 Å². The predicted molar refractivity (Wildman–Crippen MR) is 88.2 cm³/mol. The summed E-state index contributed by atoms with van der Waals surface area (Å²) in [6, 6.07) is 2.41. The number of sulfonamides is 1. The summed E-state index contributed by atoms with van der Waals surface area (Å²) < 4.78 is 64.6. The van der Waals surface area contributed by atoms with Crippen LogP contribution in [-0.2, 0) is 25.8 Å². The molecule has 11 heteroatoms. The highest BCUT2D eigenvalue weighted by molar-refractivity contribution is 7.89. The molecular weight excluding hydrogens is 389 g/mol.